The van der Waals surface area contributed by atoms with Crippen LogP contribution in [-0.2, 0) is 44.8 Å². The van der Waals surface area contributed by atoms with Gasteiger partial charge in [0.25, 0.3) is 0 Å². The van der Waals surface area contributed by atoms with Gasteiger partial charge < -0.3 is 15.1 Å². The molecule has 0 bridgehead atoms. The summed E-state index contributed by atoms with van der Waals surface area (Å²) in [5.74, 6) is 0. The van der Waals surface area contributed by atoms with Crippen LogP contribution in [-0.4, -0.2) is 39.3 Å². The molecule has 6 nitrogen and oxygen atoms in total. The number of hydrogen-bond donors (Lipinski definition) is 2. The van der Waals surface area contributed by atoms with E-state index in [-0.39, 0.29) is 49.5 Å². The molecule has 0 atom stereocenters. The Morgan fingerprint density at radius 1 is 0.568 bits per heavy atom. The first-order valence-corrected chi connectivity index (χ1v) is 9.86. The maximum absolute atomic E-state index is 9.67. The van der Waals surface area contributed by atoms with Gasteiger partial charge in [-0.25, -0.2) is 0 Å². The summed E-state index contributed by atoms with van der Waals surface area (Å²) in [6.07, 6.45) is 3.34. The van der Waals surface area contributed by atoms with Crippen LogP contribution in [0.5, 0.6) is 0 Å². The van der Waals surface area contributed by atoms with Crippen LogP contribution in [0.4, 0.5) is 12.9 Å². The fourth-order valence-electron chi connectivity index (χ4n) is 2.71. The van der Waals surface area contributed by atoms with E-state index >= 15 is 0 Å². The van der Waals surface area contributed by atoms with Crippen molar-refractivity contribution in [1.82, 2.24) is 9.97 Å². The number of rotatable bonds is 4. The molecule has 0 aliphatic carbocycles. The number of aromatic nitrogens is 2. The van der Waals surface area contributed by atoms with Crippen LogP contribution in [0, 0.1) is 0 Å². The van der Waals surface area contributed by atoms with Gasteiger partial charge >= 0.3 is 52.3 Å². The van der Waals surface area contributed by atoms with Gasteiger partial charge in [0, 0.05) is 23.5 Å². The molecule has 0 unspecified atom stereocenters. The molecule has 13 heteroatoms. The Labute approximate surface area is 243 Å². The second-order valence-corrected chi connectivity index (χ2v) is 6.31. The van der Waals surface area contributed by atoms with Crippen molar-refractivity contribution in [2.24, 2.45) is 10.3 Å². The van der Waals surface area contributed by atoms with Gasteiger partial charge in [0.1, 0.15) is 11.4 Å². The van der Waals surface area contributed by atoms with Crippen molar-refractivity contribution in [2.75, 3.05) is 0 Å². The molecular formula is C24H20Ag2BF4N4O2+. The fourth-order valence-corrected chi connectivity index (χ4v) is 2.71. The zero-order valence-corrected chi connectivity index (χ0v) is 21.7. The number of benzene rings is 2. The summed E-state index contributed by atoms with van der Waals surface area (Å²) in [5.41, 5.74) is 3.97. The van der Waals surface area contributed by atoms with E-state index in [1.165, 1.54) is 0 Å². The van der Waals surface area contributed by atoms with Crippen molar-refractivity contribution in [1.29, 1.82) is 0 Å². The number of oxime groups is 2. The number of hydrogen-bond acceptors (Lipinski definition) is 6. The molecular weight excluding hydrogens is 679 g/mol. The summed E-state index contributed by atoms with van der Waals surface area (Å²) in [5, 5.41) is 24.5. The smallest absolute Gasteiger partial charge is 1.00 e. The summed E-state index contributed by atoms with van der Waals surface area (Å²) < 4.78 is 29.0. The second-order valence-electron chi connectivity index (χ2n) is 6.31. The second kappa shape index (κ2) is 21.1. The van der Waals surface area contributed by atoms with Gasteiger partial charge in [-0.2, -0.15) is 0 Å². The molecule has 2 aromatic heterocycles. The van der Waals surface area contributed by atoms with Crippen molar-refractivity contribution in [3.8, 4) is 0 Å². The van der Waals surface area contributed by atoms with Crippen molar-refractivity contribution in [3.05, 3.63) is 132 Å². The van der Waals surface area contributed by atoms with E-state index in [1.807, 2.05) is 97.1 Å². The SMILES string of the molecule is FB(F)F.ON=C(c1ccccc1)c1ccccn1.ON=C(c1ccccc1)c1ccccn1.[Ag+].[Ag+].[F-]. The molecule has 2 aromatic carbocycles. The van der Waals surface area contributed by atoms with Crippen LogP contribution >= 0.6 is 0 Å². The van der Waals surface area contributed by atoms with Gasteiger partial charge in [0.2, 0.25) is 0 Å². The van der Waals surface area contributed by atoms with Gasteiger partial charge in [-0.05, 0) is 24.3 Å². The minimum Gasteiger partial charge on any atom is -1.00 e. The Morgan fingerprint density at radius 2 is 0.865 bits per heavy atom. The van der Waals surface area contributed by atoms with Crippen molar-refractivity contribution in [3.63, 3.8) is 0 Å². The molecule has 2 N–H and O–H groups in total. The van der Waals surface area contributed by atoms with Gasteiger partial charge in [0.05, 0.1) is 11.4 Å². The predicted molar refractivity (Wildman–Crippen MR) is 125 cm³/mol. The van der Waals surface area contributed by atoms with E-state index in [4.69, 9.17) is 10.4 Å². The Hall–Kier alpha value is -3.05. The first-order chi connectivity index (χ1) is 16.6. The summed E-state index contributed by atoms with van der Waals surface area (Å²) in [4.78, 5) is 8.27. The van der Waals surface area contributed by atoms with Crippen molar-refractivity contribution < 1.29 is 72.8 Å². The molecule has 0 aliphatic rings. The fraction of sp³-hybridized carbons (Fsp3) is 0. The average molecular weight is 699 g/mol. The minimum absolute atomic E-state index is 0. The maximum Gasteiger partial charge on any atom is 1.00 e. The third-order valence-corrected chi connectivity index (χ3v) is 4.11. The summed E-state index contributed by atoms with van der Waals surface area (Å²) in [6, 6.07) is 29.9. The van der Waals surface area contributed by atoms with Crippen molar-refractivity contribution in [2.45, 2.75) is 0 Å². The van der Waals surface area contributed by atoms with E-state index in [0.29, 0.717) is 22.8 Å². The summed E-state index contributed by atoms with van der Waals surface area (Å²) in [6.45, 7) is 0. The van der Waals surface area contributed by atoms with Crippen molar-refractivity contribution >= 4 is 19.0 Å². The minimum atomic E-state index is -3.67. The first kappa shape index (κ1) is 36.1. The number of nitrogens with zero attached hydrogens (tertiary/aromatic N) is 4. The average Bonchev–Trinajstić information content (AvgIpc) is 2.88. The first-order valence-electron chi connectivity index (χ1n) is 9.86. The van der Waals surface area contributed by atoms with Crippen LogP contribution < -0.4 is 4.70 Å². The topological polar surface area (TPSA) is 91.0 Å². The quantitative estimate of drug-likeness (QED) is 0.113. The monoisotopic (exact) mass is 697 g/mol. The van der Waals surface area contributed by atoms with Crippen LogP contribution in [0.25, 0.3) is 0 Å². The molecule has 0 aliphatic heterocycles. The zero-order chi connectivity index (χ0) is 24.6. The molecule has 0 radical (unpaired) electrons. The standard InChI is InChI=1S/2C12H10N2O.2Ag.BF3.FH/c2*15-14-12(10-6-2-1-3-7-10)11-8-4-5-9-13-11;;;2-1(3)4;/h2*1-9,15H;;;;1H/q;;2*+1;;/p-1. The van der Waals surface area contributed by atoms with E-state index < -0.39 is 7.54 Å². The molecule has 0 amide bonds. The summed E-state index contributed by atoms with van der Waals surface area (Å²) in [7, 11) is -3.67. The van der Waals surface area contributed by atoms with Crippen LogP contribution in [0.1, 0.15) is 22.5 Å². The Kier molecular flexibility index (Phi) is 20.6. The van der Waals surface area contributed by atoms with Crippen LogP contribution in [0.15, 0.2) is 120 Å². The van der Waals surface area contributed by atoms with Crippen LogP contribution in [0.3, 0.4) is 0 Å². The molecule has 4 aromatic rings. The molecule has 0 saturated carbocycles. The van der Waals surface area contributed by atoms with Gasteiger partial charge in [-0.1, -0.05) is 83.1 Å². The maximum atomic E-state index is 9.67. The zero-order valence-electron chi connectivity index (χ0n) is 18.8. The Bertz CT molecular complexity index is 990. The third-order valence-electron chi connectivity index (χ3n) is 4.11. The van der Waals surface area contributed by atoms with Gasteiger partial charge in [-0.15, -0.1) is 0 Å². The predicted octanol–water partition coefficient (Wildman–Crippen LogP) is 2.50. The van der Waals surface area contributed by atoms with E-state index in [1.54, 1.807) is 12.4 Å². The Balaban J connectivity index is 0. The number of pyridine rings is 2. The molecule has 37 heavy (non-hydrogen) atoms. The van der Waals surface area contributed by atoms with Gasteiger partial charge in [0.15, 0.2) is 0 Å². The number of halogens is 4. The van der Waals surface area contributed by atoms with E-state index in [9.17, 15) is 12.9 Å². The molecule has 2 heterocycles. The van der Waals surface area contributed by atoms with E-state index in [2.05, 4.69) is 20.3 Å². The van der Waals surface area contributed by atoms with Crippen LogP contribution in [0.2, 0.25) is 0 Å². The summed E-state index contributed by atoms with van der Waals surface area (Å²) >= 11 is 0. The third kappa shape index (κ3) is 13.2. The van der Waals surface area contributed by atoms with Gasteiger partial charge in [-0.3, -0.25) is 22.9 Å². The Morgan fingerprint density at radius 3 is 1.11 bits per heavy atom. The molecule has 0 fully saturated rings. The molecule has 0 spiro atoms. The molecule has 4 rings (SSSR count). The molecule has 0 saturated heterocycles. The normalized spacial score (nSPS) is 9.92. The largest absolute Gasteiger partial charge is 1.00 e. The van der Waals surface area contributed by atoms with E-state index in [0.717, 1.165) is 11.1 Å². The molecule has 200 valence electrons.